The summed E-state index contributed by atoms with van der Waals surface area (Å²) in [5, 5.41) is 0. The monoisotopic (exact) mass is 312 g/mol. The molecule has 6 heteroatoms. The highest BCUT2D eigenvalue weighted by Gasteiger charge is 2.24. The van der Waals surface area contributed by atoms with Gasteiger partial charge in [0.2, 0.25) is 10.0 Å². The molecule has 3 N–H and O–H groups in total. The van der Waals surface area contributed by atoms with Crippen LogP contribution in [0.1, 0.15) is 50.4 Å². The van der Waals surface area contributed by atoms with Crippen molar-refractivity contribution >= 4 is 15.8 Å². The van der Waals surface area contributed by atoms with Crippen LogP contribution in [-0.2, 0) is 10.0 Å². The van der Waals surface area contributed by atoms with Crippen LogP contribution in [0.3, 0.4) is 0 Å². The molecule has 0 saturated carbocycles. The van der Waals surface area contributed by atoms with E-state index in [-0.39, 0.29) is 17.2 Å². The van der Waals surface area contributed by atoms with Gasteiger partial charge >= 0.3 is 0 Å². The zero-order valence-corrected chi connectivity index (χ0v) is 13.7. The van der Waals surface area contributed by atoms with Crippen LogP contribution in [0.5, 0.6) is 0 Å². The molecule has 0 saturated heterocycles. The van der Waals surface area contributed by atoms with E-state index in [1.807, 2.05) is 13.8 Å². The third-order valence-corrected chi connectivity index (χ3v) is 5.21. The lowest BCUT2D eigenvalue weighted by Gasteiger charge is -2.26. The van der Waals surface area contributed by atoms with Gasteiger partial charge in [-0.2, -0.15) is 0 Å². The summed E-state index contributed by atoms with van der Waals surface area (Å²) in [5.74, 6) is -0.0812. The zero-order valence-electron chi connectivity index (χ0n) is 12.8. The van der Waals surface area contributed by atoms with Crippen LogP contribution in [-0.4, -0.2) is 26.3 Å². The molecular formula is C15H24N2O3S. The van der Waals surface area contributed by atoms with E-state index in [2.05, 4.69) is 4.72 Å². The summed E-state index contributed by atoms with van der Waals surface area (Å²) in [5.41, 5.74) is 5.96. The quantitative estimate of drug-likeness (QED) is 0.719. The first-order valence-corrected chi connectivity index (χ1v) is 8.68. The Kier molecular flexibility index (Phi) is 6.07. The van der Waals surface area contributed by atoms with Crippen molar-refractivity contribution in [3.63, 3.8) is 0 Å². The molecule has 0 amide bonds. The number of ketones is 1. The summed E-state index contributed by atoms with van der Waals surface area (Å²) >= 11 is 0. The summed E-state index contributed by atoms with van der Waals surface area (Å²) in [6.45, 7) is 5.78. The van der Waals surface area contributed by atoms with Crippen molar-refractivity contribution in [2.75, 3.05) is 6.54 Å². The number of carbonyl (C=O) groups is 1. The molecule has 0 aromatic heterocycles. The minimum atomic E-state index is -3.66. The van der Waals surface area contributed by atoms with Gasteiger partial charge < -0.3 is 5.73 Å². The minimum Gasteiger partial charge on any atom is -0.324 e. The average molecular weight is 312 g/mol. The van der Waals surface area contributed by atoms with E-state index in [1.165, 1.54) is 12.1 Å². The van der Waals surface area contributed by atoms with Crippen molar-refractivity contribution in [2.45, 2.75) is 50.5 Å². The SMILES string of the molecule is CCC(=O)c1cccc(S(=O)(=O)NCC(N)(CC)CC)c1. The summed E-state index contributed by atoms with van der Waals surface area (Å²) in [6.07, 6.45) is 1.70. The van der Waals surface area contributed by atoms with Crippen molar-refractivity contribution in [3.05, 3.63) is 29.8 Å². The molecular weight excluding hydrogens is 288 g/mol. The zero-order chi connectivity index (χ0) is 16.1. The number of Topliss-reactive ketones (excluding diaryl/α,β-unsaturated/α-hetero) is 1. The van der Waals surface area contributed by atoms with Gasteiger partial charge in [-0.15, -0.1) is 0 Å². The normalized spacial score (nSPS) is 12.4. The molecule has 0 aliphatic carbocycles. The Balaban J connectivity index is 2.96. The molecule has 0 aliphatic heterocycles. The molecule has 21 heavy (non-hydrogen) atoms. The van der Waals surface area contributed by atoms with Gasteiger partial charge in [0, 0.05) is 24.1 Å². The maximum atomic E-state index is 12.3. The summed E-state index contributed by atoms with van der Waals surface area (Å²) in [7, 11) is -3.66. The summed E-state index contributed by atoms with van der Waals surface area (Å²) < 4.78 is 27.1. The van der Waals surface area contributed by atoms with Gasteiger partial charge in [-0.3, -0.25) is 4.79 Å². The molecule has 0 unspecified atom stereocenters. The van der Waals surface area contributed by atoms with E-state index in [0.717, 1.165) is 0 Å². The number of nitrogens with one attached hydrogen (secondary N) is 1. The van der Waals surface area contributed by atoms with Crippen molar-refractivity contribution in [1.82, 2.24) is 4.72 Å². The third-order valence-electron chi connectivity index (χ3n) is 3.81. The topological polar surface area (TPSA) is 89.3 Å². The third kappa shape index (κ3) is 4.62. The molecule has 1 aromatic rings. The second kappa shape index (κ2) is 7.15. The van der Waals surface area contributed by atoms with Crippen LogP contribution in [0.2, 0.25) is 0 Å². The Morgan fingerprint density at radius 2 is 1.86 bits per heavy atom. The molecule has 5 nitrogen and oxygen atoms in total. The summed E-state index contributed by atoms with van der Waals surface area (Å²) in [6, 6.07) is 6.08. The number of carbonyl (C=O) groups excluding carboxylic acids is 1. The fourth-order valence-electron chi connectivity index (χ4n) is 1.86. The molecule has 0 spiro atoms. The molecule has 1 rings (SSSR count). The first-order chi connectivity index (χ1) is 9.78. The predicted octanol–water partition coefficient (Wildman–Crippen LogP) is 2.08. The van der Waals surface area contributed by atoms with Gasteiger partial charge in [-0.1, -0.05) is 32.9 Å². The first-order valence-electron chi connectivity index (χ1n) is 7.19. The van der Waals surface area contributed by atoms with Crippen LogP contribution >= 0.6 is 0 Å². The Hall–Kier alpha value is -1.24. The Labute approximate surface area is 127 Å². The van der Waals surface area contributed by atoms with Crippen molar-refractivity contribution in [1.29, 1.82) is 0 Å². The second-order valence-corrected chi connectivity index (χ2v) is 6.97. The van der Waals surface area contributed by atoms with Crippen molar-refractivity contribution < 1.29 is 13.2 Å². The van der Waals surface area contributed by atoms with Gasteiger partial charge in [0.1, 0.15) is 0 Å². The fraction of sp³-hybridized carbons (Fsp3) is 0.533. The Morgan fingerprint density at radius 3 is 2.38 bits per heavy atom. The fourth-order valence-corrected chi connectivity index (χ4v) is 3.05. The molecule has 0 radical (unpaired) electrons. The lowest BCUT2D eigenvalue weighted by Crippen LogP contribution is -2.49. The molecule has 118 valence electrons. The van der Waals surface area contributed by atoms with Gasteiger partial charge in [-0.25, -0.2) is 13.1 Å². The molecule has 0 atom stereocenters. The van der Waals surface area contributed by atoms with E-state index >= 15 is 0 Å². The van der Waals surface area contributed by atoms with E-state index < -0.39 is 15.6 Å². The van der Waals surface area contributed by atoms with Crippen LogP contribution < -0.4 is 10.5 Å². The second-order valence-electron chi connectivity index (χ2n) is 5.20. The van der Waals surface area contributed by atoms with E-state index in [1.54, 1.807) is 19.1 Å². The molecule has 0 aliphatic rings. The summed E-state index contributed by atoms with van der Waals surface area (Å²) in [4.78, 5) is 11.8. The van der Waals surface area contributed by atoms with Crippen molar-refractivity contribution in [3.8, 4) is 0 Å². The maximum absolute atomic E-state index is 12.3. The maximum Gasteiger partial charge on any atom is 0.240 e. The largest absolute Gasteiger partial charge is 0.324 e. The van der Waals surface area contributed by atoms with E-state index in [0.29, 0.717) is 24.8 Å². The lowest BCUT2D eigenvalue weighted by atomic mass is 9.95. The average Bonchev–Trinajstić information content (AvgIpc) is 2.52. The molecule has 0 heterocycles. The van der Waals surface area contributed by atoms with Crippen LogP contribution in [0.15, 0.2) is 29.2 Å². The van der Waals surface area contributed by atoms with Gasteiger partial charge in [0.05, 0.1) is 4.90 Å². The van der Waals surface area contributed by atoms with Crippen LogP contribution in [0.4, 0.5) is 0 Å². The molecule has 0 bridgehead atoms. The van der Waals surface area contributed by atoms with Gasteiger partial charge in [-0.05, 0) is 25.0 Å². The van der Waals surface area contributed by atoms with Crippen LogP contribution in [0, 0.1) is 0 Å². The highest BCUT2D eigenvalue weighted by molar-refractivity contribution is 7.89. The highest BCUT2D eigenvalue weighted by atomic mass is 32.2. The lowest BCUT2D eigenvalue weighted by molar-refractivity contribution is 0.0988. The van der Waals surface area contributed by atoms with E-state index in [4.69, 9.17) is 5.73 Å². The molecule has 0 fully saturated rings. The van der Waals surface area contributed by atoms with E-state index in [9.17, 15) is 13.2 Å². The van der Waals surface area contributed by atoms with Gasteiger partial charge in [0.15, 0.2) is 5.78 Å². The number of hydrogen-bond donors (Lipinski definition) is 2. The standard InChI is InChI=1S/C15H24N2O3S/c1-4-14(18)12-8-7-9-13(10-12)21(19,20)17-11-15(16,5-2)6-3/h7-10,17H,4-6,11,16H2,1-3H3. The first kappa shape index (κ1) is 17.8. The molecule has 1 aromatic carbocycles. The number of nitrogens with two attached hydrogens (primary N) is 1. The van der Waals surface area contributed by atoms with Gasteiger partial charge in [0.25, 0.3) is 0 Å². The number of hydrogen-bond acceptors (Lipinski definition) is 4. The number of sulfonamides is 1. The number of rotatable bonds is 8. The number of benzene rings is 1. The Morgan fingerprint density at radius 1 is 1.24 bits per heavy atom. The van der Waals surface area contributed by atoms with Crippen molar-refractivity contribution in [2.24, 2.45) is 5.73 Å². The smallest absolute Gasteiger partial charge is 0.240 e. The Bertz CT molecular complexity index is 593. The minimum absolute atomic E-state index is 0.0812. The highest BCUT2D eigenvalue weighted by Crippen LogP contribution is 2.15. The predicted molar refractivity (Wildman–Crippen MR) is 83.8 cm³/mol. The van der Waals surface area contributed by atoms with Crippen LogP contribution in [0.25, 0.3) is 0 Å².